The van der Waals surface area contributed by atoms with Gasteiger partial charge in [0.2, 0.25) is 5.91 Å². The molecule has 0 fully saturated rings. The Morgan fingerprint density at radius 3 is 2.74 bits per heavy atom. The van der Waals surface area contributed by atoms with Crippen molar-refractivity contribution < 1.29 is 4.79 Å². The van der Waals surface area contributed by atoms with Crippen LogP contribution in [-0.4, -0.2) is 20.9 Å². The number of aromatic nitrogens is 3. The summed E-state index contributed by atoms with van der Waals surface area (Å²) in [6, 6.07) is 13.4. The Bertz CT molecular complexity index is 1330. The predicted octanol–water partition coefficient (Wildman–Crippen LogP) is 5.12. The minimum absolute atomic E-state index is 0.0671. The highest BCUT2D eigenvalue weighted by molar-refractivity contribution is 7.98. The molecule has 0 aliphatic rings. The van der Waals surface area contributed by atoms with Gasteiger partial charge in [-0.3, -0.25) is 9.59 Å². The number of nitrogens with zero attached hydrogens (tertiary/aromatic N) is 2. The fourth-order valence-electron chi connectivity index (χ4n) is 3.10. The van der Waals surface area contributed by atoms with Gasteiger partial charge in [0.1, 0.15) is 0 Å². The van der Waals surface area contributed by atoms with Gasteiger partial charge in [0.15, 0.2) is 10.3 Å². The summed E-state index contributed by atoms with van der Waals surface area (Å²) in [4.78, 5) is 36.8. The fourth-order valence-corrected chi connectivity index (χ4v) is 5.13. The molecule has 31 heavy (non-hydrogen) atoms. The minimum Gasteiger partial charge on any atom is -0.302 e. The van der Waals surface area contributed by atoms with Crippen molar-refractivity contribution in [1.29, 1.82) is 0 Å². The number of anilines is 1. The number of thioether (sulfide) groups is 1. The van der Waals surface area contributed by atoms with E-state index in [2.05, 4.69) is 20.3 Å². The number of hydrogen-bond acceptors (Lipinski definition) is 6. The number of nitrogens with one attached hydrogen (secondary N) is 2. The maximum Gasteiger partial charge on any atom is 0.255 e. The van der Waals surface area contributed by atoms with Crippen LogP contribution in [-0.2, 0) is 17.0 Å². The van der Waals surface area contributed by atoms with E-state index >= 15 is 0 Å². The number of aryl methyl sites for hydroxylation is 2. The lowest BCUT2D eigenvalue weighted by molar-refractivity contribution is -0.115. The van der Waals surface area contributed by atoms with E-state index in [1.807, 2.05) is 49.4 Å². The molecule has 158 valence electrons. The van der Waals surface area contributed by atoms with E-state index in [0.29, 0.717) is 32.3 Å². The topological polar surface area (TPSA) is 87.7 Å². The summed E-state index contributed by atoms with van der Waals surface area (Å²) in [6.07, 6.45) is -0.0671. The Morgan fingerprint density at radius 1 is 1.19 bits per heavy atom. The van der Waals surface area contributed by atoms with Gasteiger partial charge in [-0.15, -0.1) is 0 Å². The van der Waals surface area contributed by atoms with Gasteiger partial charge < -0.3 is 10.3 Å². The van der Waals surface area contributed by atoms with Crippen molar-refractivity contribution in [3.05, 3.63) is 80.2 Å². The quantitative estimate of drug-likeness (QED) is 0.301. The molecular formula is C22H19ClN4O2S2. The van der Waals surface area contributed by atoms with E-state index < -0.39 is 0 Å². The van der Waals surface area contributed by atoms with Crippen LogP contribution in [0.25, 0.3) is 10.2 Å². The summed E-state index contributed by atoms with van der Waals surface area (Å²) in [5.41, 5.74) is 3.54. The van der Waals surface area contributed by atoms with Crippen molar-refractivity contribution in [2.45, 2.75) is 31.2 Å². The van der Waals surface area contributed by atoms with Crippen LogP contribution >= 0.6 is 34.7 Å². The largest absolute Gasteiger partial charge is 0.302 e. The Balaban J connectivity index is 1.44. The number of halogens is 1. The van der Waals surface area contributed by atoms with E-state index in [0.717, 1.165) is 21.3 Å². The van der Waals surface area contributed by atoms with Crippen LogP contribution < -0.4 is 10.9 Å². The minimum atomic E-state index is -0.309. The Kier molecular flexibility index (Phi) is 6.41. The highest BCUT2D eigenvalue weighted by atomic mass is 35.5. The van der Waals surface area contributed by atoms with E-state index in [4.69, 9.17) is 11.6 Å². The zero-order valence-corrected chi connectivity index (χ0v) is 19.2. The molecule has 0 aliphatic heterocycles. The van der Waals surface area contributed by atoms with Crippen LogP contribution in [0.5, 0.6) is 0 Å². The predicted molar refractivity (Wildman–Crippen MR) is 127 cm³/mol. The van der Waals surface area contributed by atoms with Crippen LogP contribution in [0.3, 0.4) is 0 Å². The fraction of sp³-hybridized carbons (Fsp3) is 0.182. The Labute approximate surface area is 192 Å². The molecule has 2 heterocycles. The second-order valence-electron chi connectivity index (χ2n) is 7.02. The third kappa shape index (κ3) is 5.15. The van der Waals surface area contributed by atoms with Crippen LogP contribution in [0, 0.1) is 13.8 Å². The molecule has 9 heteroatoms. The van der Waals surface area contributed by atoms with Gasteiger partial charge in [-0.05, 0) is 43.2 Å². The first-order chi connectivity index (χ1) is 14.9. The maximum atomic E-state index is 12.6. The average Bonchev–Trinajstić information content (AvgIpc) is 3.13. The number of aromatic amines is 1. The summed E-state index contributed by atoms with van der Waals surface area (Å²) in [7, 11) is 0. The van der Waals surface area contributed by atoms with E-state index in [1.54, 1.807) is 6.92 Å². The summed E-state index contributed by atoms with van der Waals surface area (Å²) in [5.74, 6) is 0.325. The number of rotatable bonds is 6. The first-order valence-corrected chi connectivity index (χ1v) is 11.7. The molecule has 2 aromatic heterocycles. The maximum absolute atomic E-state index is 12.6. The van der Waals surface area contributed by atoms with Gasteiger partial charge in [-0.25, -0.2) is 9.97 Å². The molecule has 6 nitrogen and oxygen atoms in total. The van der Waals surface area contributed by atoms with Crippen molar-refractivity contribution in [3.63, 3.8) is 0 Å². The van der Waals surface area contributed by atoms with E-state index in [9.17, 15) is 9.59 Å². The molecule has 0 aliphatic carbocycles. The monoisotopic (exact) mass is 470 g/mol. The summed E-state index contributed by atoms with van der Waals surface area (Å²) < 4.78 is 1.01. The van der Waals surface area contributed by atoms with Crippen molar-refractivity contribution in [1.82, 2.24) is 15.0 Å². The third-order valence-electron chi connectivity index (χ3n) is 4.67. The van der Waals surface area contributed by atoms with Crippen molar-refractivity contribution >= 4 is 56.0 Å². The molecule has 2 aromatic carbocycles. The summed E-state index contributed by atoms with van der Waals surface area (Å²) >= 11 is 8.83. The number of para-hydroxylation sites is 1. The number of fused-ring (bicyclic) bond motifs is 1. The highest BCUT2D eigenvalue weighted by Crippen LogP contribution is 2.28. The van der Waals surface area contributed by atoms with Crippen molar-refractivity contribution in [3.8, 4) is 0 Å². The van der Waals surface area contributed by atoms with Gasteiger partial charge in [0.05, 0.1) is 16.6 Å². The van der Waals surface area contributed by atoms with Crippen LogP contribution in [0.4, 0.5) is 5.13 Å². The normalized spacial score (nSPS) is 11.1. The lowest BCUT2D eigenvalue weighted by Crippen LogP contribution is -2.23. The van der Waals surface area contributed by atoms with E-state index in [-0.39, 0.29) is 17.9 Å². The number of thiazole rings is 1. The molecule has 0 saturated carbocycles. The van der Waals surface area contributed by atoms with Gasteiger partial charge in [0.25, 0.3) is 5.56 Å². The molecule has 2 N–H and O–H groups in total. The molecular weight excluding hydrogens is 452 g/mol. The molecule has 4 rings (SSSR count). The highest BCUT2D eigenvalue weighted by Gasteiger charge is 2.15. The lowest BCUT2D eigenvalue weighted by atomic mass is 10.1. The number of amides is 1. The standard InChI is InChI=1S/C22H19ClN4O2S2/c1-12-5-3-8-17-19(12)26-22(31-17)25-18(28)10-16-13(2)24-21(27-20(16)29)30-11-14-6-4-7-15(23)9-14/h3-9H,10-11H2,1-2H3,(H,24,27,29)(H,25,26,28). The molecule has 0 radical (unpaired) electrons. The third-order valence-corrected chi connectivity index (χ3v) is 6.79. The SMILES string of the molecule is Cc1nc(SCc2cccc(Cl)c2)[nH]c(=O)c1CC(=O)Nc1nc2c(C)cccc2s1. The zero-order valence-electron chi connectivity index (χ0n) is 16.9. The number of H-pyrrole nitrogens is 1. The number of carbonyl (C=O) groups is 1. The molecule has 4 aromatic rings. The molecule has 0 saturated heterocycles. The molecule has 0 bridgehead atoms. The molecule has 0 spiro atoms. The van der Waals surface area contributed by atoms with Gasteiger partial charge in [-0.1, -0.05) is 59.0 Å². The second-order valence-corrected chi connectivity index (χ2v) is 9.45. The molecule has 0 unspecified atom stereocenters. The van der Waals surface area contributed by atoms with E-state index in [1.165, 1.54) is 23.1 Å². The first kappa shape index (κ1) is 21.5. The first-order valence-electron chi connectivity index (χ1n) is 9.52. The zero-order chi connectivity index (χ0) is 22.0. The molecule has 0 atom stereocenters. The van der Waals surface area contributed by atoms with Crippen molar-refractivity contribution in [2.75, 3.05) is 5.32 Å². The lowest BCUT2D eigenvalue weighted by Gasteiger charge is -2.07. The van der Waals surface area contributed by atoms with Crippen LogP contribution in [0.2, 0.25) is 5.02 Å². The van der Waals surface area contributed by atoms with Gasteiger partial charge >= 0.3 is 0 Å². The average molecular weight is 471 g/mol. The van der Waals surface area contributed by atoms with Gasteiger partial charge in [0, 0.05) is 22.0 Å². The molecule has 1 amide bonds. The summed E-state index contributed by atoms with van der Waals surface area (Å²) in [6.45, 7) is 3.72. The number of benzene rings is 2. The number of hydrogen-bond donors (Lipinski definition) is 2. The second kappa shape index (κ2) is 9.21. The smallest absolute Gasteiger partial charge is 0.255 e. The van der Waals surface area contributed by atoms with Crippen LogP contribution in [0.1, 0.15) is 22.4 Å². The van der Waals surface area contributed by atoms with Crippen LogP contribution in [0.15, 0.2) is 52.4 Å². The Hall–Kier alpha value is -2.68. The van der Waals surface area contributed by atoms with Gasteiger partial charge in [-0.2, -0.15) is 0 Å². The van der Waals surface area contributed by atoms with Crippen molar-refractivity contribution in [2.24, 2.45) is 0 Å². The summed E-state index contributed by atoms with van der Waals surface area (Å²) in [5, 5.41) is 4.49. The Morgan fingerprint density at radius 2 is 2.00 bits per heavy atom. The number of carbonyl (C=O) groups excluding carboxylic acids is 1.